The van der Waals surface area contributed by atoms with E-state index in [4.69, 9.17) is 4.74 Å². The van der Waals surface area contributed by atoms with Crippen LogP contribution in [0.15, 0.2) is 30.3 Å². The third kappa shape index (κ3) is 1.95. The van der Waals surface area contributed by atoms with Crippen LogP contribution in [0.25, 0.3) is 0 Å². The first-order valence-corrected chi connectivity index (χ1v) is 6.07. The fraction of sp³-hybridized carbons (Fsp3) is 0.462. The second-order valence-corrected chi connectivity index (χ2v) is 4.85. The lowest BCUT2D eigenvalue weighted by molar-refractivity contribution is 0.135. The molecule has 0 bridgehead atoms. The maximum atomic E-state index is 13.9. The van der Waals surface area contributed by atoms with Crippen LogP contribution in [-0.4, -0.2) is 30.9 Å². The minimum Gasteiger partial charge on any atom is -0.445 e. The Hall–Kier alpha value is -1.62. The molecule has 1 heterocycles. The molecule has 1 aromatic carbocycles. The van der Waals surface area contributed by atoms with Crippen molar-refractivity contribution in [1.29, 1.82) is 0 Å². The first-order chi connectivity index (χ1) is 8.70. The van der Waals surface area contributed by atoms with Crippen LogP contribution in [-0.2, 0) is 11.3 Å². The molecule has 5 heteroatoms. The van der Waals surface area contributed by atoms with E-state index in [1.807, 2.05) is 30.3 Å². The molecule has 2 fully saturated rings. The fourth-order valence-electron chi connectivity index (χ4n) is 2.54. The predicted octanol–water partition coefficient (Wildman–Crippen LogP) is 1.22. The van der Waals surface area contributed by atoms with E-state index >= 15 is 0 Å². The van der Waals surface area contributed by atoms with Gasteiger partial charge in [0.15, 0.2) is 0 Å². The summed E-state index contributed by atoms with van der Waals surface area (Å²) in [6.45, 7) is 1.16. The molecular formula is C13H15FN2O2. The molecule has 1 unspecified atom stereocenters. The lowest BCUT2D eigenvalue weighted by Gasteiger charge is -2.10. The zero-order valence-corrected chi connectivity index (χ0v) is 9.86. The summed E-state index contributed by atoms with van der Waals surface area (Å²) in [7, 11) is 0. The Kier molecular flexibility index (Phi) is 2.70. The number of benzene rings is 1. The van der Waals surface area contributed by atoms with Gasteiger partial charge in [-0.15, -0.1) is 0 Å². The summed E-state index contributed by atoms with van der Waals surface area (Å²) in [5.74, 6) is -0.0956. The lowest BCUT2D eigenvalue weighted by atomic mass is 10.2. The first kappa shape index (κ1) is 11.5. The van der Waals surface area contributed by atoms with Gasteiger partial charge in [-0.05, 0) is 5.56 Å². The number of ether oxygens (including phenoxy) is 1. The van der Waals surface area contributed by atoms with Crippen molar-refractivity contribution in [1.82, 2.24) is 10.6 Å². The van der Waals surface area contributed by atoms with Gasteiger partial charge in [-0.25, -0.2) is 9.18 Å². The number of carbonyl (C=O) groups is 1. The highest BCUT2D eigenvalue weighted by molar-refractivity contribution is 5.69. The number of hydrogen-bond acceptors (Lipinski definition) is 3. The van der Waals surface area contributed by atoms with Crippen LogP contribution in [0.5, 0.6) is 0 Å². The number of nitrogens with one attached hydrogen (secondary N) is 2. The molecule has 1 aromatic rings. The van der Waals surface area contributed by atoms with Gasteiger partial charge in [-0.1, -0.05) is 30.3 Å². The smallest absolute Gasteiger partial charge is 0.407 e. The molecule has 1 saturated carbocycles. The van der Waals surface area contributed by atoms with Crippen molar-refractivity contribution in [2.45, 2.75) is 18.3 Å². The van der Waals surface area contributed by atoms with Crippen LogP contribution < -0.4 is 10.6 Å². The number of rotatable bonds is 3. The van der Waals surface area contributed by atoms with Crippen molar-refractivity contribution < 1.29 is 13.9 Å². The second-order valence-electron chi connectivity index (χ2n) is 4.85. The van der Waals surface area contributed by atoms with E-state index in [1.54, 1.807) is 0 Å². The molecular weight excluding hydrogens is 235 g/mol. The topological polar surface area (TPSA) is 50.4 Å². The number of carbonyl (C=O) groups excluding carboxylic acids is 1. The van der Waals surface area contributed by atoms with E-state index in [9.17, 15) is 9.18 Å². The second kappa shape index (κ2) is 4.24. The quantitative estimate of drug-likeness (QED) is 0.848. The molecule has 3 atom stereocenters. The zero-order valence-electron chi connectivity index (χ0n) is 9.86. The molecule has 4 nitrogen and oxygen atoms in total. The van der Waals surface area contributed by atoms with Crippen molar-refractivity contribution in [3.05, 3.63) is 35.9 Å². The molecule has 1 aliphatic heterocycles. The number of halogens is 1. The summed E-state index contributed by atoms with van der Waals surface area (Å²) in [5.41, 5.74) is -0.341. The zero-order chi connectivity index (χ0) is 12.6. The lowest BCUT2D eigenvalue weighted by Crippen LogP contribution is -2.36. The number of fused-ring (bicyclic) bond motifs is 1. The SMILES string of the molecule is O=C(N[C@@H]1C2CNC[C@@]21F)OCc1ccccc1. The highest BCUT2D eigenvalue weighted by Gasteiger charge is 2.69. The standard InChI is InChI=1S/C13H15FN2O2/c14-13-8-15-6-10(13)11(13)16-12(17)18-7-9-4-2-1-3-5-9/h1-5,10-11,15H,6-8H2,(H,16,17)/t10?,11-,13-/m1/s1. The Labute approximate surface area is 105 Å². The van der Waals surface area contributed by atoms with Crippen molar-refractivity contribution in [3.63, 3.8) is 0 Å². The van der Waals surface area contributed by atoms with Crippen LogP contribution in [0.2, 0.25) is 0 Å². The largest absolute Gasteiger partial charge is 0.445 e. The summed E-state index contributed by atoms with van der Waals surface area (Å²) in [6, 6.07) is 9.02. The molecule has 18 heavy (non-hydrogen) atoms. The predicted molar refractivity (Wildman–Crippen MR) is 63.7 cm³/mol. The number of amides is 1. The molecule has 2 N–H and O–H groups in total. The van der Waals surface area contributed by atoms with Crippen LogP contribution in [0.3, 0.4) is 0 Å². The molecule has 3 rings (SSSR count). The summed E-state index contributed by atoms with van der Waals surface area (Å²) >= 11 is 0. The van der Waals surface area contributed by atoms with Crippen LogP contribution in [0, 0.1) is 5.92 Å². The van der Waals surface area contributed by atoms with Crippen LogP contribution in [0.4, 0.5) is 9.18 Å². The number of alkyl carbamates (subject to hydrolysis) is 1. The first-order valence-electron chi connectivity index (χ1n) is 6.07. The molecule has 0 spiro atoms. The molecule has 1 saturated heterocycles. The Balaban J connectivity index is 1.46. The Bertz CT molecular complexity index is 454. The fourth-order valence-corrected chi connectivity index (χ4v) is 2.54. The van der Waals surface area contributed by atoms with Crippen molar-refractivity contribution in [2.24, 2.45) is 5.92 Å². The average molecular weight is 250 g/mol. The molecule has 1 aliphatic carbocycles. The number of piperidine rings is 1. The Morgan fingerprint density at radius 1 is 1.50 bits per heavy atom. The molecule has 1 amide bonds. The van der Waals surface area contributed by atoms with Gasteiger partial charge in [0.25, 0.3) is 0 Å². The monoisotopic (exact) mass is 250 g/mol. The summed E-state index contributed by atoms with van der Waals surface area (Å²) in [6.07, 6.45) is -0.546. The third-order valence-corrected chi connectivity index (χ3v) is 3.67. The van der Waals surface area contributed by atoms with Gasteiger partial charge in [0.1, 0.15) is 12.3 Å². The minimum atomic E-state index is -1.26. The van der Waals surface area contributed by atoms with Gasteiger partial charge in [0, 0.05) is 19.0 Å². The minimum absolute atomic E-state index is 0.0956. The Morgan fingerprint density at radius 3 is 2.94 bits per heavy atom. The Morgan fingerprint density at radius 2 is 2.28 bits per heavy atom. The van der Waals surface area contributed by atoms with E-state index in [1.165, 1.54) is 0 Å². The maximum Gasteiger partial charge on any atom is 0.407 e. The van der Waals surface area contributed by atoms with Gasteiger partial charge in [-0.3, -0.25) is 0 Å². The van der Waals surface area contributed by atoms with Crippen LogP contribution in [0.1, 0.15) is 5.56 Å². The van der Waals surface area contributed by atoms with E-state index in [-0.39, 0.29) is 18.6 Å². The molecule has 96 valence electrons. The summed E-state index contributed by atoms with van der Waals surface area (Å²) in [4.78, 5) is 11.5. The summed E-state index contributed by atoms with van der Waals surface area (Å²) in [5, 5.41) is 5.55. The van der Waals surface area contributed by atoms with Gasteiger partial charge in [0.2, 0.25) is 0 Å². The van der Waals surface area contributed by atoms with Crippen molar-refractivity contribution in [2.75, 3.05) is 13.1 Å². The molecule has 0 radical (unpaired) electrons. The van der Waals surface area contributed by atoms with E-state index in [0.29, 0.717) is 13.1 Å². The van der Waals surface area contributed by atoms with E-state index < -0.39 is 11.8 Å². The van der Waals surface area contributed by atoms with E-state index in [2.05, 4.69) is 10.6 Å². The highest BCUT2D eigenvalue weighted by Crippen LogP contribution is 2.49. The maximum absolute atomic E-state index is 13.9. The van der Waals surface area contributed by atoms with Gasteiger partial charge in [0.05, 0.1) is 6.04 Å². The van der Waals surface area contributed by atoms with Gasteiger partial charge < -0.3 is 15.4 Å². The van der Waals surface area contributed by atoms with Crippen molar-refractivity contribution >= 4 is 6.09 Å². The number of hydrogen-bond donors (Lipinski definition) is 2. The number of alkyl halides is 1. The normalized spacial score (nSPS) is 32.7. The average Bonchev–Trinajstić information content (AvgIpc) is 2.73. The van der Waals surface area contributed by atoms with Crippen LogP contribution >= 0.6 is 0 Å². The van der Waals surface area contributed by atoms with E-state index in [0.717, 1.165) is 5.56 Å². The summed E-state index contributed by atoms with van der Waals surface area (Å²) < 4.78 is 19.0. The van der Waals surface area contributed by atoms with Gasteiger partial charge >= 0.3 is 6.09 Å². The molecule has 2 aliphatic rings. The van der Waals surface area contributed by atoms with Gasteiger partial charge in [-0.2, -0.15) is 0 Å². The highest BCUT2D eigenvalue weighted by atomic mass is 19.1. The molecule has 0 aromatic heterocycles. The van der Waals surface area contributed by atoms with Crippen molar-refractivity contribution in [3.8, 4) is 0 Å². The third-order valence-electron chi connectivity index (χ3n) is 3.67.